The molecule has 1 nitrogen and oxygen atoms in total. The van der Waals surface area contributed by atoms with Crippen molar-refractivity contribution >= 4 is 0 Å². The summed E-state index contributed by atoms with van der Waals surface area (Å²) in [5, 5.41) is 9.35. The third-order valence-corrected chi connectivity index (χ3v) is 5.17. The molecule has 1 aromatic carbocycles. The molecule has 1 aliphatic rings. The second-order valence-corrected chi connectivity index (χ2v) is 6.85. The van der Waals surface area contributed by atoms with E-state index in [1.165, 1.54) is 37.7 Å². The Balaban J connectivity index is 2.12. The Hall–Kier alpha value is -0.980. The van der Waals surface area contributed by atoms with E-state index in [9.17, 15) is 5.11 Å². The minimum atomic E-state index is 0.324. The van der Waals surface area contributed by atoms with Gasteiger partial charge in [-0.25, -0.2) is 0 Å². The Bertz CT molecular complexity index is 383. The van der Waals surface area contributed by atoms with Crippen molar-refractivity contribution in [2.45, 2.75) is 59.3 Å². The van der Waals surface area contributed by atoms with Crippen molar-refractivity contribution in [3.63, 3.8) is 0 Å². The third-order valence-electron chi connectivity index (χ3n) is 5.17. The van der Waals surface area contributed by atoms with Gasteiger partial charge in [0.15, 0.2) is 0 Å². The summed E-state index contributed by atoms with van der Waals surface area (Å²) in [7, 11) is 0. The van der Waals surface area contributed by atoms with Gasteiger partial charge in [0.1, 0.15) is 5.75 Å². The average molecular weight is 246 g/mol. The molecule has 100 valence electrons. The molecule has 0 aliphatic heterocycles. The van der Waals surface area contributed by atoms with E-state index in [1.54, 1.807) is 12.1 Å². The highest BCUT2D eigenvalue weighted by molar-refractivity contribution is 5.26. The van der Waals surface area contributed by atoms with Gasteiger partial charge in [-0.05, 0) is 47.8 Å². The number of hydrogen-bond donors (Lipinski definition) is 1. The van der Waals surface area contributed by atoms with E-state index in [2.05, 4.69) is 32.9 Å². The highest BCUT2D eigenvalue weighted by Crippen LogP contribution is 2.50. The second kappa shape index (κ2) is 4.95. The van der Waals surface area contributed by atoms with Crippen LogP contribution >= 0.6 is 0 Å². The van der Waals surface area contributed by atoms with Gasteiger partial charge in [0, 0.05) is 0 Å². The first-order valence-electron chi connectivity index (χ1n) is 7.21. The molecule has 0 amide bonds. The first kappa shape index (κ1) is 13.5. The molecule has 1 heteroatoms. The van der Waals surface area contributed by atoms with Crippen LogP contribution in [0.5, 0.6) is 5.75 Å². The van der Waals surface area contributed by atoms with Crippen LogP contribution in [0.2, 0.25) is 0 Å². The van der Waals surface area contributed by atoms with Gasteiger partial charge in [-0.3, -0.25) is 0 Å². The topological polar surface area (TPSA) is 20.2 Å². The lowest BCUT2D eigenvalue weighted by atomic mass is 9.58. The molecule has 1 saturated carbocycles. The van der Waals surface area contributed by atoms with Crippen LogP contribution in [-0.2, 0) is 6.42 Å². The maximum Gasteiger partial charge on any atom is 0.115 e. The van der Waals surface area contributed by atoms with Crippen LogP contribution in [0.15, 0.2) is 24.3 Å². The Kier molecular flexibility index (Phi) is 3.70. The predicted octanol–water partition coefficient (Wildman–Crippen LogP) is 4.93. The van der Waals surface area contributed by atoms with E-state index in [1.807, 2.05) is 0 Å². The predicted molar refractivity (Wildman–Crippen MR) is 76.8 cm³/mol. The molecule has 0 heterocycles. The Labute approximate surface area is 111 Å². The fourth-order valence-corrected chi connectivity index (χ4v) is 3.35. The van der Waals surface area contributed by atoms with E-state index in [0.29, 0.717) is 16.6 Å². The lowest BCUT2D eigenvalue weighted by Crippen LogP contribution is -2.38. The molecule has 0 atom stereocenters. The third kappa shape index (κ3) is 2.71. The van der Waals surface area contributed by atoms with E-state index >= 15 is 0 Å². The molecule has 18 heavy (non-hydrogen) atoms. The lowest BCUT2D eigenvalue weighted by Gasteiger charge is -2.47. The summed E-state index contributed by atoms with van der Waals surface area (Å²) in [6.07, 6.45) is 8.00. The van der Waals surface area contributed by atoms with Crippen LogP contribution in [-0.4, -0.2) is 5.11 Å². The first-order valence-corrected chi connectivity index (χ1v) is 7.21. The van der Waals surface area contributed by atoms with Crippen LogP contribution in [0, 0.1) is 10.8 Å². The highest BCUT2D eigenvalue weighted by atomic mass is 16.3. The minimum Gasteiger partial charge on any atom is -0.508 e. The van der Waals surface area contributed by atoms with Crippen molar-refractivity contribution in [1.29, 1.82) is 0 Å². The summed E-state index contributed by atoms with van der Waals surface area (Å²) < 4.78 is 0. The lowest BCUT2D eigenvalue weighted by molar-refractivity contribution is 0.0440. The Morgan fingerprint density at radius 3 is 2.17 bits per heavy atom. The van der Waals surface area contributed by atoms with Crippen molar-refractivity contribution in [3.8, 4) is 5.75 Å². The van der Waals surface area contributed by atoms with Gasteiger partial charge in [0.2, 0.25) is 0 Å². The Morgan fingerprint density at radius 2 is 1.61 bits per heavy atom. The molecule has 1 fully saturated rings. The number of rotatable bonds is 3. The highest BCUT2D eigenvalue weighted by Gasteiger charge is 2.41. The van der Waals surface area contributed by atoms with Crippen molar-refractivity contribution in [1.82, 2.24) is 0 Å². The van der Waals surface area contributed by atoms with E-state index in [4.69, 9.17) is 0 Å². The van der Waals surface area contributed by atoms with Gasteiger partial charge in [-0.1, -0.05) is 52.2 Å². The SMILES string of the molecule is CC(C)(Cc1ccc(O)cc1)C1(C)CCCCC1. The fourth-order valence-electron chi connectivity index (χ4n) is 3.35. The van der Waals surface area contributed by atoms with Gasteiger partial charge >= 0.3 is 0 Å². The van der Waals surface area contributed by atoms with Crippen molar-refractivity contribution in [2.75, 3.05) is 0 Å². The molecular weight excluding hydrogens is 220 g/mol. The summed E-state index contributed by atoms with van der Waals surface area (Å²) >= 11 is 0. The molecular formula is C17H26O. The number of phenolic OH excluding ortho intramolecular Hbond substituents is 1. The van der Waals surface area contributed by atoms with Crippen LogP contribution in [0.1, 0.15) is 58.4 Å². The maximum absolute atomic E-state index is 9.35. The Morgan fingerprint density at radius 1 is 1.06 bits per heavy atom. The number of hydrogen-bond acceptors (Lipinski definition) is 1. The number of aromatic hydroxyl groups is 1. The summed E-state index contributed by atoms with van der Waals surface area (Å²) in [4.78, 5) is 0. The summed E-state index contributed by atoms with van der Waals surface area (Å²) in [6, 6.07) is 7.72. The molecule has 1 aliphatic carbocycles. The average Bonchev–Trinajstić information content (AvgIpc) is 2.33. The van der Waals surface area contributed by atoms with Crippen molar-refractivity contribution < 1.29 is 5.11 Å². The van der Waals surface area contributed by atoms with Crippen LogP contribution in [0.4, 0.5) is 0 Å². The maximum atomic E-state index is 9.35. The first-order chi connectivity index (χ1) is 8.43. The largest absolute Gasteiger partial charge is 0.508 e. The van der Waals surface area contributed by atoms with Crippen LogP contribution < -0.4 is 0 Å². The van der Waals surface area contributed by atoms with Gasteiger partial charge in [-0.2, -0.15) is 0 Å². The smallest absolute Gasteiger partial charge is 0.115 e. The van der Waals surface area contributed by atoms with Crippen LogP contribution in [0.3, 0.4) is 0 Å². The number of benzene rings is 1. The molecule has 0 unspecified atom stereocenters. The molecule has 0 spiro atoms. The molecule has 0 bridgehead atoms. The zero-order chi connectivity index (χ0) is 13.2. The van der Waals surface area contributed by atoms with E-state index < -0.39 is 0 Å². The van der Waals surface area contributed by atoms with Gasteiger partial charge in [0.05, 0.1) is 0 Å². The van der Waals surface area contributed by atoms with Crippen molar-refractivity contribution in [3.05, 3.63) is 29.8 Å². The molecule has 1 aromatic rings. The van der Waals surface area contributed by atoms with E-state index in [-0.39, 0.29) is 0 Å². The summed E-state index contributed by atoms with van der Waals surface area (Å²) in [6.45, 7) is 7.28. The summed E-state index contributed by atoms with van der Waals surface area (Å²) in [5.74, 6) is 0.362. The monoisotopic (exact) mass is 246 g/mol. The molecule has 0 aromatic heterocycles. The second-order valence-electron chi connectivity index (χ2n) is 6.85. The van der Waals surface area contributed by atoms with Crippen molar-refractivity contribution in [2.24, 2.45) is 10.8 Å². The molecule has 0 saturated heterocycles. The molecule has 2 rings (SSSR count). The quantitative estimate of drug-likeness (QED) is 0.801. The fraction of sp³-hybridized carbons (Fsp3) is 0.647. The number of phenols is 1. The van der Waals surface area contributed by atoms with E-state index in [0.717, 1.165) is 6.42 Å². The molecule has 1 N–H and O–H groups in total. The van der Waals surface area contributed by atoms with Gasteiger partial charge < -0.3 is 5.11 Å². The standard InChI is InChI=1S/C17H26O/c1-16(2,17(3)11-5-4-6-12-17)13-14-7-9-15(18)10-8-14/h7-10,18H,4-6,11-13H2,1-3H3. The minimum absolute atomic E-state index is 0.324. The van der Waals surface area contributed by atoms with Gasteiger partial charge in [-0.15, -0.1) is 0 Å². The van der Waals surface area contributed by atoms with Crippen LogP contribution in [0.25, 0.3) is 0 Å². The normalized spacial score (nSPS) is 19.7. The zero-order valence-electron chi connectivity index (χ0n) is 12.0. The van der Waals surface area contributed by atoms with Gasteiger partial charge in [0.25, 0.3) is 0 Å². The summed E-state index contributed by atoms with van der Waals surface area (Å²) in [5.41, 5.74) is 2.12. The molecule has 0 radical (unpaired) electrons. The zero-order valence-corrected chi connectivity index (χ0v) is 12.0.